The molecule has 1 heterocycles. The van der Waals surface area contributed by atoms with Gasteiger partial charge in [0.05, 0.1) is 13.0 Å². The third kappa shape index (κ3) is 4.20. The fourth-order valence-corrected chi connectivity index (χ4v) is 1.82. The molecule has 1 aliphatic heterocycles. The quantitative estimate of drug-likeness (QED) is 0.617. The SMILES string of the molecule is C#C[C@]1([C@@H](O)CC(=O)OC(C)(C)C)COC(C)(C)O1. The lowest BCUT2D eigenvalue weighted by molar-refractivity contribution is -0.177. The number of hydrogen-bond donors (Lipinski definition) is 1. The van der Waals surface area contributed by atoms with E-state index in [0.717, 1.165) is 0 Å². The molecule has 1 saturated heterocycles. The van der Waals surface area contributed by atoms with Gasteiger partial charge < -0.3 is 19.3 Å². The van der Waals surface area contributed by atoms with E-state index in [-0.39, 0.29) is 13.0 Å². The monoisotopic (exact) mass is 270 g/mol. The molecule has 0 radical (unpaired) electrons. The van der Waals surface area contributed by atoms with Crippen LogP contribution in [0.3, 0.4) is 0 Å². The molecule has 0 aromatic carbocycles. The molecule has 108 valence electrons. The molecule has 0 aromatic rings. The summed E-state index contributed by atoms with van der Waals surface area (Å²) < 4.78 is 16.1. The maximum absolute atomic E-state index is 11.7. The van der Waals surface area contributed by atoms with Crippen LogP contribution in [0.25, 0.3) is 0 Å². The second-order valence-electron chi connectivity index (χ2n) is 6.13. The topological polar surface area (TPSA) is 65.0 Å². The van der Waals surface area contributed by atoms with Crippen LogP contribution in [0.5, 0.6) is 0 Å². The zero-order chi connectivity index (χ0) is 14.9. The summed E-state index contributed by atoms with van der Waals surface area (Å²) in [6.45, 7) is 8.71. The fraction of sp³-hybridized carbons (Fsp3) is 0.786. The second kappa shape index (κ2) is 5.12. The van der Waals surface area contributed by atoms with Gasteiger partial charge in [-0.15, -0.1) is 6.42 Å². The van der Waals surface area contributed by atoms with E-state index in [1.54, 1.807) is 34.6 Å². The summed E-state index contributed by atoms with van der Waals surface area (Å²) in [7, 11) is 0. The molecule has 1 rings (SSSR count). The van der Waals surface area contributed by atoms with Crippen LogP contribution in [-0.2, 0) is 19.0 Å². The molecule has 5 nitrogen and oxygen atoms in total. The molecule has 1 fully saturated rings. The summed E-state index contributed by atoms with van der Waals surface area (Å²) in [4.78, 5) is 11.7. The lowest BCUT2D eigenvalue weighted by Gasteiger charge is -2.29. The van der Waals surface area contributed by atoms with Gasteiger partial charge in [-0.05, 0) is 34.6 Å². The van der Waals surface area contributed by atoms with Crippen LogP contribution < -0.4 is 0 Å². The zero-order valence-electron chi connectivity index (χ0n) is 12.1. The minimum absolute atomic E-state index is 0.0421. The minimum atomic E-state index is -1.31. The highest BCUT2D eigenvalue weighted by molar-refractivity contribution is 5.70. The van der Waals surface area contributed by atoms with Gasteiger partial charge in [-0.2, -0.15) is 0 Å². The van der Waals surface area contributed by atoms with E-state index in [4.69, 9.17) is 20.6 Å². The zero-order valence-corrected chi connectivity index (χ0v) is 12.1. The standard InChI is InChI=1S/C14H22O5/c1-7-14(9-17-13(5,6)19-14)10(15)8-11(16)18-12(2,3)4/h1,10,15H,8-9H2,2-6H3/t10-,14+/m0/s1. The Balaban J connectivity index is 2.69. The smallest absolute Gasteiger partial charge is 0.309 e. The number of carbonyl (C=O) groups excluding carboxylic acids is 1. The Morgan fingerprint density at radius 3 is 2.47 bits per heavy atom. The molecule has 0 amide bonds. The molecule has 0 saturated carbocycles. The van der Waals surface area contributed by atoms with E-state index in [9.17, 15) is 9.90 Å². The summed E-state index contributed by atoms with van der Waals surface area (Å²) >= 11 is 0. The van der Waals surface area contributed by atoms with Crippen molar-refractivity contribution in [2.24, 2.45) is 0 Å². The number of terminal acetylenes is 1. The van der Waals surface area contributed by atoms with Crippen LogP contribution in [0.15, 0.2) is 0 Å². The Hall–Kier alpha value is -1.09. The summed E-state index contributed by atoms with van der Waals surface area (Å²) in [6.07, 6.45) is 4.02. The van der Waals surface area contributed by atoms with Crippen LogP contribution in [0.1, 0.15) is 41.0 Å². The number of ether oxygens (including phenoxy) is 3. The lowest BCUT2D eigenvalue weighted by Crippen LogP contribution is -2.46. The highest BCUT2D eigenvalue weighted by Gasteiger charge is 2.50. The Labute approximate surface area is 114 Å². The fourth-order valence-electron chi connectivity index (χ4n) is 1.82. The molecule has 1 N–H and O–H groups in total. The molecule has 2 atom stereocenters. The van der Waals surface area contributed by atoms with E-state index in [0.29, 0.717) is 0 Å². The van der Waals surface area contributed by atoms with Gasteiger partial charge in [0.1, 0.15) is 11.7 Å². The average molecular weight is 270 g/mol. The number of carbonyl (C=O) groups is 1. The summed E-state index contributed by atoms with van der Waals surface area (Å²) in [6, 6.07) is 0. The number of aliphatic hydroxyl groups is 1. The normalized spacial score (nSPS) is 27.6. The molecule has 0 spiro atoms. The van der Waals surface area contributed by atoms with Crippen LogP contribution in [0.2, 0.25) is 0 Å². The largest absolute Gasteiger partial charge is 0.460 e. The maximum atomic E-state index is 11.7. The van der Waals surface area contributed by atoms with E-state index in [1.165, 1.54) is 0 Å². The van der Waals surface area contributed by atoms with Crippen molar-refractivity contribution in [3.05, 3.63) is 0 Å². The summed E-state index contributed by atoms with van der Waals surface area (Å²) in [5.41, 5.74) is -1.91. The van der Waals surface area contributed by atoms with Crippen molar-refractivity contribution in [2.45, 2.75) is 64.1 Å². The van der Waals surface area contributed by atoms with Crippen LogP contribution in [0, 0.1) is 12.3 Å². The highest BCUT2D eigenvalue weighted by atomic mass is 16.8. The number of rotatable bonds is 3. The third-order valence-electron chi connectivity index (χ3n) is 2.62. The first-order valence-electron chi connectivity index (χ1n) is 6.21. The maximum Gasteiger partial charge on any atom is 0.309 e. The number of hydrogen-bond acceptors (Lipinski definition) is 5. The van der Waals surface area contributed by atoms with Crippen molar-refractivity contribution >= 4 is 5.97 Å². The van der Waals surface area contributed by atoms with Crippen LogP contribution in [-0.4, -0.2) is 40.8 Å². The predicted octanol–water partition coefficient (Wildman–Crippen LogP) is 1.23. The van der Waals surface area contributed by atoms with Crippen molar-refractivity contribution in [1.82, 2.24) is 0 Å². The Kier molecular flexibility index (Phi) is 4.30. The number of aliphatic hydroxyl groups excluding tert-OH is 1. The molecule has 5 heteroatoms. The Bertz CT molecular complexity index is 388. The lowest BCUT2D eigenvalue weighted by atomic mass is 9.96. The van der Waals surface area contributed by atoms with Gasteiger partial charge in [-0.1, -0.05) is 5.92 Å². The molecular formula is C14H22O5. The van der Waals surface area contributed by atoms with E-state index in [1.807, 2.05) is 0 Å². The van der Waals surface area contributed by atoms with Crippen molar-refractivity contribution in [1.29, 1.82) is 0 Å². The third-order valence-corrected chi connectivity index (χ3v) is 2.62. The second-order valence-corrected chi connectivity index (χ2v) is 6.13. The molecule has 0 bridgehead atoms. The van der Waals surface area contributed by atoms with Crippen molar-refractivity contribution in [3.8, 4) is 12.3 Å². The van der Waals surface area contributed by atoms with Gasteiger partial charge in [-0.3, -0.25) is 4.79 Å². The summed E-state index contributed by atoms with van der Waals surface area (Å²) in [5, 5.41) is 10.2. The van der Waals surface area contributed by atoms with Crippen molar-refractivity contribution in [2.75, 3.05) is 6.61 Å². The Morgan fingerprint density at radius 2 is 2.11 bits per heavy atom. The average Bonchev–Trinajstić information content (AvgIpc) is 2.52. The molecule has 0 unspecified atom stereocenters. The predicted molar refractivity (Wildman–Crippen MR) is 69.1 cm³/mol. The first kappa shape index (κ1) is 16.0. The Morgan fingerprint density at radius 1 is 1.53 bits per heavy atom. The van der Waals surface area contributed by atoms with E-state index >= 15 is 0 Å². The van der Waals surface area contributed by atoms with Crippen molar-refractivity contribution in [3.63, 3.8) is 0 Å². The minimum Gasteiger partial charge on any atom is -0.460 e. The van der Waals surface area contributed by atoms with Gasteiger partial charge in [-0.25, -0.2) is 0 Å². The van der Waals surface area contributed by atoms with Gasteiger partial charge >= 0.3 is 5.97 Å². The van der Waals surface area contributed by atoms with Crippen molar-refractivity contribution < 1.29 is 24.1 Å². The van der Waals surface area contributed by atoms with Gasteiger partial charge in [0.2, 0.25) is 0 Å². The molecular weight excluding hydrogens is 248 g/mol. The molecule has 0 aliphatic carbocycles. The van der Waals surface area contributed by atoms with Gasteiger partial charge in [0.15, 0.2) is 11.4 Å². The van der Waals surface area contributed by atoms with Gasteiger partial charge in [0, 0.05) is 0 Å². The van der Waals surface area contributed by atoms with E-state index < -0.39 is 29.1 Å². The van der Waals surface area contributed by atoms with Gasteiger partial charge in [0.25, 0.3) is 0 Å². The summed E-state index contributed by atoms with van der Waals surface area (Å²) in [5.74, 6) is 0.997. The highest BCUT2D eigenvalue weighted by Crippen LogP contribution is 2.34. The van der Waals surface area contributed by atoms with Crippen LogP contribution >= 0.6 is 0 Å². The number of esters is 1. The van der Waals surface area contributed by atoms with Crippen LogP contribution in [0.4, 0.5) is 0 Å². The molecule has 19 heavy (non-hydrogen) atoms. The molecule has 0 aromatic heterocycles. The first-order valence-corrected chi connectivity index (χ1v) is 6.21. The molecule has 1 aliphatic rings. The van der Waals surface area contributed by atoms with E-state index in [2.05, 4.69) is 5.92 Å². The first-order chi connectivity index (χ1) is 8.50.